The normalized spacial score (nSPS) is 11.0. The molecule has 0 saturated heterocycles. The number of hydrogen-bond acceptors (Lipinski definition) is 1. The Hall–Kier alpha value is -1.000. The van der Waals surface area contributed by atoms with Crippen molar-refractivity contribution in [2.75, 3.05) is 0 Å². The first-order valence-corrected chi connectivity index (χ1v) is 8.81. The number of imidazole rings is 1. The van der Waals surface area contributed by atoms with E-state index in [1.54, 1.807) is 6.07 Å². The minimum atomic E-state index is 0.521. The van der Waals surface area contributed by atoms with Crippen LogP contribution in [0.1, 0.15) is 17.1 Å². The highest BCUT2D eigenvalue weighted by Gasteiger charge is 2.11. The van der Waals surface area contributed by atoms with Gasteiger partial charge in [-0.2, -0.15) is 0 Å². The zero-order valence-electron chi connectivity index (χ0n) is 12.1. The van der Waals surface area contributed by atoms with Gasteiger partial charge in [-0.05, 0) is 52.7 Å². The first-order chi connectivity index (χ1) is 10.9. The van der Waals surface area contributed by atoms with E-state index in [2.05, 4.69) is 25.9 Å². The lowest BCUT2D eigenvalue weighted by atomic mass is 10.1. The van der Waals surface area contributed by atoms with Gasteiger partial charge in [0.1, 0.15) is 5.82 Å². The van der Waals surface area contributed by atoms with E-state index >= 15 is 0 Å². The van der Waals surface area contributed by atoms with Crippen LogP contribution in [-0.4, -0.2) is 9.97 Å². The lowest BCUT2D eigenvalue weighted by Gasteiger charge is -2.02. The molecule has 2 aromatic carbocycles. The van der Waals surface area contributed by atoms with Crippen LogP contribution in [0.5, 0.6) is 0 Å². The minimum Gasteiger partial charge on any atom is -0.345 e. The predicted octanol–water partition coefficient (Wildman–Crippen LogP) is 6.70. The summed E-state index contributed by atoms with van der Waals surface area (Å²) in [6, 6.07) is 11.4. The maximum atomic E-state index is 6.14. The molecule has 0 atom stereocenters. The van der Waals surface area contributed by atoms with Crippen molar-refractivity contribution in [1.82, 2.24) is 9.97 Å². The molecule has 3 aromatic rings. The Morgan fingerprint density at radius 3 is 2.48 bits per heavy atom. The fourth-order valence-corrected chi connectivity index (χ4v) is 3.12. The summed E-state index contributed by atoms with van der Waals surface area (Å²) in [5.41, 5.74) is 3.89. The van der Waals surface area contributed by atoms with E-state index < -0.39 is 0 Å². The van der Waals surface area contributed by atoms with E-state index in [0.29, 0.717) is 21.5 Å². The minimum absolute atomic E-state index is 0.521. The molecule has 0 spiro atoms. The molecule has 6 heteroatoms. The van der Waals surface area contributed by atoms with E-state index in [4.69, 9.17) is 34.8 Å². The van der Waals surface area contributed by atoms with Gasteiger partial charge in [0, 0.05) is 22.2 Å². The van der Waals surface area contributed by atoms with E-state index in [0.717, 1.165) is 32.8 Å². The Labute approximate surface area is 157 Å². The van der Waals surface area contributed by atoms with Crippen LogP contribution in [-0.2, 0) is 6.42 Å². The van der Waals surface area contributed by atoms with Crippen LogP contribution < -0.4 is 0 Å². The molecule has 118 valence electrons. The van der Waals surface area contributed by atoms with Gasteiger partial charge in [0.05, 0.1) is 20.8 Å². The summed E-state index contributed by atoms with van der Waals surface area (Å²) in [4.78, 5) is 8.00. The van der Waals surface area contributed by atoms with Crippen molar-refractivity contribution in [3.63, 3.8) is 0 Å². The van der Waals surface area contributed by atoms with Gasteiger partial charge in [-0.3, -0.25) is 0 Å². The van der Waals surface area contributed by atoms with E-state index in [1.807, 2.05) is 37.3 Å². The van der Waals surface area contributed by atoms with Crippen molar-refractivity contribution < 1.29 is 0 Å². The fraction of sp³-hybridized carbons (Fsp3) is 0.118. The molecule has 1 heterocycles. The summed E-state index contributed by atoms with van der Waals surface area (Å²) in [7, 11) is 0. The van der Waals surface area contributed by atoms with E-state index in [9.17, 15) is 0 Å². The van der Waals surface area contributed by atoms with Crippen molar-refractivity contribution in [3.05, 3.63) is 73.0 Å². The Balaban J connectivity index is 1.91. The molecule has 1 N–H and O–H groups in total. The standard InChI is InChI=1S/C17H12BrCl3N2/c1-9-17(11-3-5-13(19)15(21)8-11)23-16(22-9)7-10-2-4-12(18)14(20)6-10/h2-6,8H,7H2,1H3,(H,22,23). The van der Waals surface area contributed by atoms with Gasteiger partial charge < -0.3 is 4.98 Å². The highest BCUT2D eigenvalue weighted by atomic mass is 79.9. The van der Waals surface area contributed by atoms with Crippen molar-refractivity contribution in [2.24, 2.45) is 0 Å². The van der Waals surface area contributed by atoms with Crippen molar-refractivity contribution in [2.45, 2.75) is 13.3 Å². The predicted molar refractivity (Wildman–Crippen MR) is 101 cm³/mol. The molecule has 0 amide bonds. The van der Waals surface area contributed by atoms with Crippen molar-refractivity contribution >= 4 is 50.7 Å². The SMILES string of the molecule is Cc1[nH]c(Cc2ccc(Br)c(Cl)c2)nc1-c1ccc(Cl)c(Cl)c1. The third-order valence-corrected chi connectivity index (χ3v) is 5.45. The van der Waals surface area contributed by atoms with Gasteiger partial charge in [-0.25, -0.2) is 4.98 Å². The monoisotopic (exact) mass is 428 g/mol. The summed E-state index contributed by atoms with van der Waals surface area (Å²) in [5.74, 6) is 0.877. The van der Waals surface area contributed by atoms with Crippen LogP contribution in [0.25, 0.3) is 11.3 Å². The fourth-order valence-electron chi connectivity index (χ4n) is 2.37. The maximum Gasteiger partial charge on any atom is 0.111 e. The highest BCUT2D eigenvalue weighted by Crippen LogP contribution is 2.30. The number of aromatic nitrogens is 2. The largest absolute Gasteiger partial charge is 0.345 e. The van der Waals surface area contributed by atoms with Crippen LogP contribution >= 0.6 is 50.7 Å². The molecule has 0 aliphatic heterocycles. The Bertz CT molecular complexity index is 874. The maximum absolute atomic E-state index is 6.14. The van der Waals surface area contributed by atoms with Gasteiger partial charge in [-0.1, -0.05) is 46.9 Å². The summed E-state index contributed by atoms with van der Waals surface area (Å²) < 4.78 is 0.884. The molecule has 23 heavy (non-hydrogen) atoms. The number of halogens is 4. The van der Waals surface area contributed by atoms with Gasteiger partial charge in [-0.15, -0.1) is 0 Å². The third kappa shape index (κ3) is 3.74. The average molecular weight is 431 g/mol. The summed E-state index contributed by atoms with van der Waals surface area (Å²) >= 11 is 21.6. The molecule has 0 fully saturated rings. The van der Waals surface area contributed by atoms with Gasteiger partial charge in [0.15, 0.2) is 0 Å². The molecule has 0 aliphatic carbocycles. The van der Waals surface area contributed by atoms with Crippen LogP contribution in [0.4, 0.5) is 0 Å². The number of benzene rings is 2. The zero-order valence-corrected chi connectivity index (χ0v) is 16.0. The average Bonchev–Trinajstić information content (AvgIpc) is 2.86. The third-order valence-electron chi connectivity index (χ3n) is 3.48. The van der Waals surface area contributed by atoms with Crippen LogP contribution in [0.3, 0.4) is 0 Å². The lowest BCUT2D eigenvalue weighted by Crippen LogP contribution is -1.91. The van der Waals surface area contributed by atoms with Crippen molar-refractivity contribution in [3.8, 4) is 11.3 Å². The van der Waals surface area contributed by atoms with Gasteiger partial charge >= 0.3 is 0 Å². The summed E-state index contributed by atoms with van der Waals surface area (Å²) in [5, 5.41) is 1.75. The summed E-state index contributed by atoms with van der Waals surface area (Å²) in [6.45, 7) is 1.99. The topological polar surface area (TPSA) is 28.7 Å². The van der Waals surface area contributed by atoms with Gasteiger partial charge in [0.25, 0.3) is 0 Å². The second-order valence-corrected chi connectivity index (χ2v) is 7.29. The molecule has 0 radical (unpaired) electrons. The molecule has 2 nitrogen and oxygen atoms in total. The van der Waals surface area contributed by atoms with Crippen LogP contribution in [0, 0.1) is 6.92 Å². The van der Waals surface area contributed by atoms with E-state index in [1.165, 1.54) is 0 Å². The van der Waals surface area contributed by atoms with E-state index in [-0.39, 0.29) is 0 Å². The lowest BCUT2D eigenvalue weighted by molar-refractivity contribution is 1.02. The molecule has 0 bridgehead atoms. The Morgan fingerprint density at radius 2 is 1.78 bits per heavy atom. The molecule has 0 aliphatic rings. The number of rotatable bonds is 3. The number of aryl methyl sites for hydroxylation is 1. The zero-order chi connectivity index (χ0) is 16.6. The van der Waals surface area contributed by atoms with Crippen molar-refractivity contribution in [1.29, 1.82) is 0 Å². The quantitative estimate of drug-likeness (QED) is 0.492. The molecule has 3 rings (SSSR count). The molecular formula is C17H12BrCl3N2. The number of nitrogens with one attached hydrogen (secondary N) is 1. The number of H-pyrrole nitrogens is 1. The smallest absolute Gasteiger partial charge is 0.111 e. The summed E-state index contributed by atoms with van der Waals surface area (Å²) in [6.07, 6.45) is 0.676. The second-order valence-electron chi connectivity index (χ2n) is 5.21. The Morgan fingerprint density at radius 1 is 1.00 bits per heavy atom. The first kappa shape index (κ1) is 16.8. The molecular weight excluding hydrogens is 418 g/mol. The molecule has 0 unspecified atom stereocenters. The number of aromatic amines is 1. The van der Waals surface area contributed by atoms with Gasteiger partial charge in [0.2, 0.25) is 0 Å². The highest BCUT2D eigenvalue weighted by molar-refractivity contribution is 9.10. The number of hydrogen-bond donors (Lipinski definition) is 1. The molecule has 0 saturated carbocycles. The van der Waals surface area contributed by atoms with Crippen LogP contribution in [0.15, 0.2) is 40.9 Å². The first-order valence-electron chi connectivity index (χ1n) is 6.89. The Kier molecular flexibility index (Phi) is 5.02. The molecule has 1 aromatic heterocycles. The second kappa shape index (κ2) is 6.86. The van der Waals surface area contributed by atoms with Crippen LogP contribution in [0.2, 0.25) is 15.1 Å². The number of nitrogens with zero attached hydrogens (tertiary/aromatic N) is 1.